The lowest BCUT2D eigenvalue weighted by atomic mass is 9.95. The summed E-state index contributed by atoms with van der Waals surface area (Å²) in [5, 5.41) is 3.10. The average Bonchev–Trinajstić information content (AvgIpc) is 2.90. The number of carbonyl (C=O) groups is 2. The van der Waals surface area contributed by atoms with E-state index in [1.807, 2.05) is 31.2 Å². The van der Waals surface area contributed by atoms with Crippen LogP contribution in [0.5, 0.6) is 11.5 Å². The van der Waals surface area contributed by atoms with Crippen molar-refractivity contribution in [2.45, 2.75) is 64.6 Å². The Morgan fingerprint density at radius 1 is 1.03 bits per heavy atom. The lowest BCUT2D eigenvalue weighted by molar-refractivity contribution is -0.139. The zero-order valence-electron chi connectivity index (χ0n) is 22.9. The number of benzene rings is 2. The smallest absolute Gasteiger partial charge is 0.244 e. The molecule has 3 rings (SSSR count). The molecule has 1 fully saturated rings. The molecule has 38 heavy (non-hydrogen) atoms. The molecular formula is C28H39N3O6S. The van der Waals surface area contributed by atoms with Crippen LogP contribution >= 0.6 is 0 Å². The van der Waals surface area contributed by atoms with E-state index in [4.69, 9.17) is 9.47 Å². The molecule has 1 atom stereocenters. The normalized spacial score (nSPS) is 14.9. The summed E-state index contributed by atoms with van der Waals surface area (Å²) in [5.74, 6) is -0.0133. The van der Waals surface area contributed by atoms with Gasteiger partial charge in [-0.05, 0) is 44.4 Å². The molecule has 0 aromatic heterocycles. The minimum Gasteiger partial charge on any atom is -0.497 e. The maximum atomic E-state index is 13.8. The summed E-state index contributed by atoms with van der Waals surface area (Å²) < 4.78 is 37.4. The molecule has 0 saturated heterocycles. The maximum Gasteiger partial charge on any atom is 0.244 e. The number of sulfonamides is 1. The van der Waals surface area contributed by atoms with Gasteiger partial charge in [-0.1, -0.05) is 49.1 Å². The Morgan fingerprint density at radius 3 is 2.26 bits per heavy atom. The first-order valence-corrected chi connectivity index (χ1v) is 14.7. The van der Waals surface area contributed by atoms with Crippen LogP contribution in [0.1, 0.15) is 50.2 Å². The largest absolute Gasteiger partial charge is 0.497 e. The SMILES string of the molecule is COc1ccc(N(CC(=O)N(Cc2ccc(C)cc2)[C@@H](C)C(=O)NC2CCCCC2)S(C)(=O)=O)c(OC)c1. The predicted octanol–water partition coefficient (Wildman–Crippen LogP) is 3.64. The van der Waals surface area contributed by atoms with Crippen molar-refractivity contribution in [1.82, 2.24) is 10.2 Å². The van der Waals surface area contributed by atoms with Gasteiger partial charge in [0.2, 0.25) is 21.8 Å². The molecule has 0 aliphatic heterocycles. The van der Waals surface area contributed by atoms with Crippen LogP contribution in [0, 0.1) is 6.92 Å². The van der Waals surface area contributed by atoms with E-state index in [-0.39, 0.29) is 29.9 Å². The molecule has 10 heteroatoms. The summed E-state index contributed by atoms with van der Waals surface area (Å²) in [5.41, 5.74) is 2.12. The van der Waals surface area contributed by atoms with E-state index in [0.29, 0.717) is 5.75 Å². The lowest BCUT2D eigenvalue weighted by Crippen LogP contribution is -2.53. The van der Waals surface area contributed by atoms with Crippen molar-refractivity contribution >= 4 is 27.5 Å². The molecular weight excluding hydrogens is 506 g/mol. The van der Waals surface area contributed by atoms with Crippen LogP contribution in [0.3, 0.4) is 0 Å². The molecule has 1 saturated carbocycles. The third-order valence-electron chi connectivity index (χ3n) is 6.93. The number of hydrogen-bond acceptors (Lipinski definition) is 6. The Bertz CT molecular complexity index is 1210. The molecule has 1 aliphatic carbocycles. The van der Waals surface area contributed by atoms with Crippen molar-refractivity contribution in [2.24, 2.45) is 0 Å². The van der Waals surface area contributed by atoms with Crippen molar-refractivity contribution < 1.29 is 27.5 Å². The Balaban J connectivity index is 1.91. The van der Waals surface area contributed by atoms with Gasteiger partial charge in [0.1, 0.15) is 24.1 Å². The molecule has 2 aromatic rings. The zero-order valence-corrected chi connectivity index (χ0v) is 23.7. The van der Waals surface area contributed by atoms with E-state index in [9.17, 15) is 18.0 Å². The minimum atomic E-state index is -3.88. The highest BCUT2D eigenvalue weighted by molar-refractivity contribution is 7.92. The molecule has 0 bridgehead atoms. The van der Waals surface area contributed by atoms with E-state index < -0.39 is 28.5 Å². The summed E-state index contributed by atoms with van der Waals surface area (Å²) in [6.07, 6.45) is 6.17. The first-order chi connectivity index (χ1) is 18.0. The number of hydrogen-bond donors (Lipinski definition) is 1. The fraction of sp³-hybridized carbons (Fsp3) is 0.500. The third-order valence-corrected chi connectivity index (χ3v) is 8.05. The lowest BCUT2D eigenvalue weighted by Gasteiger charge is -2.33. The molecule has 2 amide bonds. The van der Waals surface area contributed by atoms with Crippen LogP contribution in [-0.2, 0) is 26.2 Å². The molecule has 1 N–H and O–H groups in total. The highest BCUT2D eigenvalue weighted by Crippen LogP contribution is 2.33. The quantitative estimate of drug-likeness (QED) is 0.462. The topological polar surface area (TPSA) is 105 Å². The second-order valence-electron chi connectivity index (χ2n) is 9.83. The summed E-state index contributed by atoms with van der Waals surface area (Å²) in [6.45, 7) is 3.33. The second-order valence-corrected chi connectivity index (χ2v) is 11.7. The van der Waals surface area contributed by atoms with Crippen molar-refractivity contribution in [1.29, 1.82) is 0 Å². The van der Waals surface area contributed by atoms with Crippen LogP contribution in [0.15, 0.2) is 42.5 Å². The molecule has 0 radical (unpaired) electrons. The van der Waals surface area contributed by atoms with Crippen LogP contribution in [0.25, 0.3) is 0 Å². The second kappa shape index (κ2) is 13.0. The van der Waals surface area contributed by atoms with Gasteiger partial charge >= 0.3 is 0 Å². The van der Waals surface area contributed by atoms with Gasteiger partial charge in [0.05, 0.1) is 26.2 Å². The predicted molar refractivity (Wildman–Crippen MR) is 148 cm³/mol. The number of ether oxygens (including phenoxy) is 2. The van der Waals surface area contributed by atoms with Gasteiger partial charge in [-0.25, -0.2) is 8.42 Å². The van der Waals surface area contributed by atoms with Gasteiger partial charge in [0.25, 0.3) is 0 Å². The van der Waals surface area contributed by atoms with Gasteiger partial charge in [-0.15, -0.1) is 0 Å². The number of rotatable bonds is 11. The molecule has 0 heterocycles. The number of methoxy groups -OCH3 is 2. The van der Waals surface area contributed by atoms with Crippen LogP contribution < -0.4 is 19.1 Å². The molecule has 1 aliphatic rings. The molecule has 0 unspecified atom stereocenters. The standard InChI is InChI=1S/C28H39N3O6S/c1-20-11-13-22(14-12-20)18-30(21(2)28(33)29-23-9-7-6-8-10-23)27(32)19-31(38(5,34)35)25-16-15-24(36-3)17-26(25)37-4/h11-17,21,23H,6-10,18-19H2,1-5H3,(H,29,33)/t21-/m0/s1. The first kappa shape index (κ1) is 29.3. The van der Waals surface area contributed by atoms with Crippen molar-refractivity contribution in [3.05, 3.63) is 53.6 Å². The summed E-state index contributed by atoms with van der Waals surface area (Å²) in [7, 11) is -0.968. The number of carbonyl (C=O) groups excluding carboxylic acids is 2. The Labute approximate surface area is 226 Å². The van der Waals surface area contributed by atoms with Crippen molar-refractivity contribution in [2.75, 3.05) is 31.3 Å². The van der Waals surface area contributed by atoms with Gasteiger partial charge < -0.3 is 19.7 Å². The Morgan fingerprint density at radius 2 is 1.68 bits per heavy atom. The van der Waals surface area contributed by atoms with Gasteiger partial charge in [0.15, 0.2) is 0 Å². The van der Waals surface area contributed by atoms with E-state index in [0.717, 1.165) is 53.8 Å². The van der Waals surface area contributed by atoms with E-state index in [1.54, 1.807) is 19.1 Å². The van der Waals surface area contributed by atoms with Crippen LogP contribution in [0.2, 0.25) is 0 Å². The van der Waals surface area contributed by atoms with E-state index in [1.165, 1.54) is 25.2 Å². The number of nitrogens with zero attached hydrogens (tertiary/aromatic N) is 2. The fourth-order valence-corrected chi connectivity index (χ4v) is 5.48. The van der Waals surface area contributed by atoms with Crippen molar-refractivity contribution in [3.8, 4) is 11.5 Å². The number of nitrogens with one attached hydrogen (secondary N) is 1. The van der Waals surface area contributed by atoms with E-state index >= 15 is 0 Å². The van der Waals surface area contributed by atoms with Gasteiger partial charge in [0, 0.05) is 18.7 Å². The minimum absolute atomic E-state index is 0.0890. The third kappa shape index (κ3) is 7.63. The zero-order chi connectivity index (χ0) is 27.9. The van der Waals surface area contributed by atoms with Crippen LogP contribution in [0.4, 0.5) is 5.69 Å². The molecule has 208 valence electrons. The summed E-state index contributed by atoms with van der Waals surface area (Å²) in [6, 6.07) is 11.7. The highest BCUT2D eigenvalue weighted by atomic mass is 32.2. The number of anilines is 1. The highest BCUT2D eigenvalue weighted by Gasteiger charge is 2.32. The van der Waals surface area contributed by atoms with Gasteiger partial charge in [-0.3, -0.25) is 13.9 Å². The monoisotopic (exact) mass is 545 g/mol. The van der Waals surface area contributed by atoms with Gasteiger partial charge in [-0.2, -0.15) is 0 Å². The molecule has 9 nitrogen and oxygen atoms in total. The summed E-state index contributed by atoms with van der Waals surface area (Å²) >= 11 is 0. The first-order valence-electron chi connectivity index (χ1n) is 12.9. The van der Waals surface area contributed by atoms with E-state index in [2.05, 4.69) is 5.32 Å². The molecule has 0 spiro atoms. The maximum absolute atomic E-state index is 13.8. The number of amides is 2. The fourth-order valence-electron chi connectivity index (χ4n) is 4.63. The Hall–Kier alpha value is -3.27. The summed E-state index contributed by atoms with van der Waals surface area (Å²) in [4.78, 5) is 28.5. The Kier molecular flexibility index (Phi) is 10.0. The average molecular weight is 546 g/mol. The molecule has 2 aromatic carbocycles. The number of aryl methyl sites for hydroxylation is 1. The van der Waals surface area contributed by atoms with Crippen LogP contribution in [-0.4, -0.2) is 64.2 Å². The van der Waals surface area contributed by atoms with Crippen molar-refractivity contribution in [3.63, 3.8) is 0 Å².